The Morgan fingerprint density at radius 3 is 2.56 bits per heavy atom. The molecule has 0 bridgehead atoms. The zero-order chi connectivity index (χ0) is 12.3. The molecular formula is C10H12Cl2N2OS. The summed E-state index contributed by atoms with van der Waals surface area (Å²) >= 11 is 10.3. The first kappa shape index (κ1) is 13.8. The molecule has 1 aromatic rings. The summed E-state index contributed by atoms with van der Waals surface area (Å²) in [5.41, 5.74) is 0.462. The number of hydrogen-bond acceptors (Lipinski definition) is 3. The van der Waals surface area contributed by atoms with Crippen molar-refractivity contribution < 1.29 is 4.55 Å². The lowest BCUT2D eigenvalue weighted by Gasteiger charge is -2.17. The fourth-order valence-corrected chi connectivity index (χ4v) is 1.72. The van der Waals surface area contributed by atoms with Gasteiger partial charge in [0.15, 0.2) is 0 Å². The quantitative estimate of drug-likeness (QED) is 0.616. The van der Waals surface area contributed by atoms with Crippen molar-refractivity contribution >= 4 is 40.8 Å². The first-order chi connectivity index (χ1) is 7.30. The number of aromatic nitrogens is 1. The van der Waals surface area contributed by atoms with E-state index in [-0.39, 0.29) is 0 Å². The molecule has 1 unspecified atom stereocenters. The predicted molar refractivity (Wildman–Crippen MR) is 69.7 cm³/mol. The highest BCUT2D eigenvalue weighted by molar-refractivity contribution is 7.91. The fourth-order valence-electron chi connectivity index (χ4n) is 0.776. The Kier molecular flexibility index (Phi) is 4.62. The number of pyridine rings is 1. The number of hydrogen-bond donors (Lipinski definition) is 0. The molecule has 0 aliphatic heterocycles. The van der Waals surface area contributed by atoms with Crippen molar-refractivity contribution in [2.75, 3.05) is 0 Å². The Bertz CT molecular complexity index is 404. The topological polar surface area (TPSA) is 48.3 Å². The Balaban J connectivity index is 2.85. The average molecular weight is 279 g/mol. The summed E-state index contributed by atoms with van der Waals surface area (Å²) in [5.74, 6) is 0. The smallest absolute Gasteiger partial charge is 0.144 e. The molecule has 16 heavy (non-hydrogen) atoms. The van der Waals surface area contributed by atoms with E-state index >= 15 is 0 Å². The normalized spacial score (nSPS) is 14.4. The first-order valence-electron chi connectivity index (χ1n) is 4.58. The van der Waals surface area contributed by atoms with Crippen molar-refractivity contribution in [3.8, 4) is 0 Å². The molecular weight excluding hydrogens is 267 g/mol. The van der Waals surface area contributed by atoms with Crippen LogP contribution in [0.5, 0.6) is 0 Å². The second-order valence-electron chi connectivity index (χ2n) is 4.12. The Morgan fingerprint density at radius 2 is 2.06 bits per heavy atom. The van der Waals surface area contributed by atoms with Crippen LogP contribution in [0, 0.1) is 0 Å². The zero-order valence-electron chi connectivity index (χ0n) is 9.20. The molecule has 0 radical (unpaired) electrons. The van der Waals surface area contributed by atoms with Gasteiger partial charge in [-0.25, -0.2) is 0 Å². The zero-order valence-corrected chi connectivity index (χ0v) is 11.5. The summed E-state index contributed by atoms with van der Waals surface area (Å²) in [5, 5.41) is 0.848. The Hall–Kier alpha value is -0.290. The van der Waals surface area contributed by atoms with Crippen LogP contribution in [0.15, 0.2) is 16.7 Å². The maximum atomic E-state index is 11.6. The second kappa shape index (κ2) is 5.36. The van der Waals surface area contributed by atoms with Gasteiger partial charge in [-0.15, -0.1) is 0 Å². The van der Waals surface area contributed by atoms with Crippen LogP contribution in [0.3, 0.4) is 0 Å². The highest BCUT2D eigenvalue weighted by Crippen LogP contribution is 2.19. The van der Waals surface area contributed by atoms with Crippen LogP contribution in [-0.2, 0) is 11.4 Å². The van der Waals surface area contributed by atoms with E-state index in [1.807, 2.05) is 20.8 Å². The average Bonchev–Trinajstić information content (AvgIpc) is 2.14. The first-order valence-corrected chi connectivity index (χ1v) is 6.44. The largest absolute Gasteiger partial charge is 0.591 e. The molecule has 0 spiro atoms. The van der Waals surface area contributed by atoms with Gasteiger partial charge in [0.2, 0.25) is 0 Å². The van der Waals surface area contributed by atoms with Crippen LogP contribution >= 0.6 is 23.2 Å². The lowest BCUT2D eigenvalue weighted by Crippen LogP contribution is -2.25. The minimum absolute atomic E-state index is 0.391. The highest BCUT2D eigenvalue weighted by atomic mass is 35.5. The summed E-state index contributed by atoms with van der Waals surface area (Å²) in [6, 6.07) is 1.57. The maximum absolute atomic E-state index is 11.6. The van der Waals surface area contributed by atoms with Crippen molar-refractivity contribution in [2.45, 2.75) is 25.5 Å². The van der Waals surface area contributed by atoms with Crippen molar-refractivity contribution in [1.29, 1.82) is 0 Å². The van der Waals surface area contributed by atoms with Crippen LogP contribution in [0.2, 0.25) is 10.0 Å². The van der Waals surface area contributed by atoms with Crippen molar-refractivity contribution in [1.82, 2.24) is 4.98 Å². The van der Waals surface area contributed by atoms with Crippen LogP contribution < -0.4 is 0 Å². The van der Waals surface area contributed by atoms with Gasteiger partial charge in [0, 0.05) is 6.20 Å². The maximum Gasteiger partial charge on any atom is 0.144 e. The highest BCUT2D eigenvalue weighted by Gasteiger charge is 2.25. The van der Waals surface area contributed by atoms with E-state index in [1.165, 1.54) is 12.4 Å². The molecule has 6 heteroatoms. The summed E-state index contributed by atoms with van der Waals surface area (Å²) in [4.78, 5) is 3.98. The standard InChI is InChI=1S/C10H12Cl2N2OS/c1-10(2,3)16(15)14-6-9-8(12)4-7(11)5-13-9/h4-6H,1-3H3/b14-6+. The second-order valence-corrected chi connectivity index (χ2v) is 6.89. The third kappa shape index (κ3) is 3.94. The van der Waals surface area contributed by atoms with E-state index in [1.54, 1.807) is 6.07 Å². The Morgan fingerprint density at radius 1 is 1.44 bits per heavy atom. The van der Waals surface area contributed by atoms with E-state index in [0.29, 0.717) is 15.7 Å². The van der Waals surface area contributed by atoms with Gasteiger partial charge in [-0.3, -0.25) is 4.98 Å². The molecule has 1 aromatic heterocycles. The number of halogens is 2. The van der Waals surface area contributed by atoms with Gasteiger partial charge in [0.1, 0.15) is 28.0 Å². The third-order valence-corrected chi connectivity index (χ3v) is 3.48. The van der Waals surface area contributed by atoms with Gasteiger partial charge in [0.05, 0.1) is 10.0 Å². The van der Waals surface area contributed by atoms with Crippen molar-refractivity contribution in [3.05, 3.63) is 28.0 Å². The van der Waals surface area contributed by atoms with Gasteiger partial charge in [-0.05, 0) is 26.8 Å². The molecule has 0 saturated carbocycles. The predicted octanol–water partition coefficient (Wildman–Crippen LogP) is 3.27. The lowest BCUT2D eigenvalue weighted by atomic mass is 10.3. The van der Waals surface area contributed by atoms with Gasteiger partial charge in [-0.2, -0.15) is 0 Å². The summed E-state index contributed by atoms with van der Waals surface area (Å²) in [7, 11) is 0. The van der Waals surface area contributed by atoms with E-state index in [0.717, 1.165) is 0 Å². The van der Waals surface area contributed by atoms with Gasteiger partial charge in [0.25, 0.3) is 0 Å². The molecule has 1 rings (SSSR count). The molecule has 88 valence electrons. The monoisotopic (exact) mass is 278 g/mol. The fraction of sp³-hybridized carbons (Fsp3) is 0.400. The van der Waals surface area contributed by atoms with Gasteiger partial charge >= 0.3 is 0 Å². The Labute approximate surface area is 108 Å². The lowest BCUT2D eigenvalue weighted by molar-refractivity contribution is 0.562. The van der Waals surface area contributed by atoms with Crippen molar-refractivity contribution in [2.24, 2.45) is 4.40 Å². The number of nitrogens with zero attached hydrogens (tertiary/aromatic N) is 2. The minimum atomic E-state index is -1.31. The SMILES string of the molecule is CC(C)(C)[S+]([O-])/N=C/c1ncc(Cl)cc1Cl. The van der Waals surface area contributed by atoms with Crippen LogP contribution in [0.25, 0.3) is 0 Å². The van der Waals surface area contributed by atoms with Gasteiger partial charge in [-0.1, -0.05) is 27.6 Å². The molecule has 0 aromatic carbocycles. The van der Waals surface area contributed by atoms with E-state index < -0.39 is 16.1 Å². The molecule has 0 aliphatic carbocycles. The van der Waals surface area contributed by atoms with Crippen LogP contribution in [0.4, 0.5) is 0 Å². The summed E-state index contributed by atoms with van der Waals surface area (Å²) in [6.07, 6.45) is 2.87. The molecule has 0 saturated heterocycles. The minimum Gasteiger partial charge on any atom is -0.591 e. The van der Waals surface area contributed by atoms with Crippen molar-refractivity contribution in [3.63, 3.8) is 0 Å². The molecule has 0 amide bonds. The third-order valence-electron chi connectivity index (χ3n) is 1.63. The van der Waals surface area contributed by atoms with E-state index in [4.69, 9.17) is 23.2 Å². The molecule has 1 atom stereocenters. The summed E-state index contributed by atoms with van der Waals surface area (Å²) in [6.45, 7) is 5.53. The van der Waals surface area contributed by atoms with E-state index in [2.05, 4.69) is 9.38 Å². The number of rotatable bonds is 2. The molecule has 0 N–H and O–H groups in total. The molecule has 0 aliphatic rings. The molecule has 0 fully saturated rings. The van der Waals surface area contributed by atoms with Gasteiger partial charge < -0.3 is 4.55 Å². The summed E-state index contributed by atoms with van der Waals surface area (Å²) < 4.78 is 15.2. The van der Waals surface area contributed by atoms with E-state index in [9.17, 15) is 4.55 Å². The van der Waals surface area contributed by atoms with Crippen LogP contribution in [0.1, 0.15) is 26.5 Å². The molecule has 3 nitrogen and oxygen atoms in total. The molecule has 1 heterocycles. The van der Waals surface area contributed by atoms with Crippen LogP contribution in [-0.4, -0.2) is 20.5 Å².